The van der Waals surface area contributed by atoms with Crippen molar-refractivity contribution in [2.45, 2.75) is 32.2 Å². The third kappa shape index (κ3) is 3.67. The van der Waals surface area contributed by atoms with Crippen LogP contribution in [0.4, 0.5) is 5.82 Å². The quantitative estimate of drug-likeness (QED) is 0.852. The lowest BCUT2D eigenvalue weighted by Crippen LogP contribution is -2.36. The Hall–Kier alpha value is -1.13. The van der Waals surface area contributed by atoms with E-state index < -0.39 is 0 Å². The highest BCUT2D eigenvalue weighted by atomic mass is 16.3. The number of nitrogens with zero attached hydrogens (tertiary/aromatic N) is 2. The van der Waals surface area contributed by atoms with Gasteiger partial charge in [0.1, 0.15) is 5.82 Å². The Kier molecular flexibility index (Phi) is 5.16. The summed E-state index contributed by atoms with van der Waals surface area (Å²) in [6.07, 6.45) is 5.30. The monoisotopic (exact) mass is 263 g/mol. The first-order valence-electron chi connectivity index (χ1n) is 7.23. The van der Waals surface area contributed by atoms with Crippen molar-refractivity contribution in [3.05, 3.63) is 23.9 Å². The van der Waals surface area contributed by atoms with Gasteiger partial charge in [0.25, 0.3) is 0 Å². The molecular weight excluding hydrogens is 238 g/mol. The maximum Gasteiger partial charge on any atom is 0.128 e. The molecule has 0 aromatic carbocycles. The number of aliphatic hydroxyl groups is 1. The summed E-state index contributed by atoms with van der Waals surface area (Å²) in [6, 6.07) is 4.61. The highest BCUT2D eigenvalue weighted by Gasteiger charge is 2.20. The van der Waals surface area contributed by atoms with Crippen LogP contribution in [0.25, 0.3) is 0 Å². The van der Waals surface area contributed by atoms with Crippen molar-refractivity contribution in [1.82, 2.24) is 10.3 Å². The van der Waals surface area contributed by atoms with Gasteiger partial charge in [-0.05, 0) is 50.8 Å². The van der Waals surface area contributed by atoms with Gasteiger partial charge in [-0.15, -0.1) is 0 Å². The first-order chi connectivity index (χ1) is 9.24. The van der Waals surface area contributed by atoms with E-state index in [1.54, 1.807) is 0 Å². The number of piperidine rings is 1. The molecule has 1 aromatic heterocycles. The van der Waals surface area contributed by atoms with Gasteiger partial charge in [-0.3, -0.25) is 0 Å². The molecule has 0 radical (unpaired) electrons. The van der Waals surface area contributed by atoms with Gasteiger partial charge in [0, 0.05) is 31.9 Å². The maximum absolute atomic E-state index is 9.06. The van der Waals surface area contributed by atoms with Gasteiger partial charge in [-0.2, -0.15) is 0 Å². The molecule has 2 heterocycles. The summed E-state index contributed by atoms with van der Waals surface area (Å²) in [4.78, 5) is 6.93. The summed E-state index contributed by atoms with van der Waals surface area (Å²) < 4.78 is 0. The van der Waals surface area contributed by atoms with E-state index in [-0.39, 0.29) is 0 Å². The van der Waals surface area contributed by atoms with E-state index in [0.29, 0.717) is 18.6 Å². The Morgan fingerprint density at radius 2 is 2.37 bits per heavy atom. The predicted octanol–water partition coefficient (Wildman–Crippen LogP) is 1.96. The largest absolute Gasteiger partial charge is 0.396 e. The Labute approximate surface area is 115 Å². The molecule has 4 nitrogen and oxygen atoms in total. The summed E-state index contributed by atoms with van der Waals surface area (Å²) in [5, 5.41) is 12.3. The lowest BCUT2D eigenvalue weighted by atomic mass is 9.95. The fourth-order valence-corrected chi connectivity index (χ4v) is 2.70. The van der Waals surface area contributed by atoms with Gasteiger partial charge in [0.2, 0.25) is 0 Å². The molecule has 2 N–H and O–H groups in total. The third-order valence-corrected chi connectivity index (χ3v) is 4.08. The van der Waals surface area contributed by atoms with Crippen molar-refractivity contribution < 1.29 is 5.11 Å². The summed E-state index contributed by atoms with van der Waals surface area (Å²) >= 11 is 0. The number of hydrogen-bond acceptors (Lipinski definition) is 4. The molecule has 4 heteroatoms. The zero-order chi connectivity index (χ0) is 13.7. The Morgan fingerprint density at radius 3 is 3.00 bits per heavy atom. The average Bonchev–Trinajstić information content (AvgIpc) is 2.47. The Bertz CT molecular complexity index is 377. The van der Waals surface area contributed by atoms with Crippen LogP contribution in [0, 0.1) is 5.92 Å². The molecule has 19 heavy (non-hydrogen) atoms. The number of anilines is 1. The van der Waals surface area contributed by atoms with E-state index in [9.17, 15) is 0 Å². The SMILES string of the molecule is CNC(C)c1ccc(N2CCCC(CCO)C2)nc1. The van der Waals surface area contributed by atoms with Gasteiger partial charge in [-0.25, -0.2) is 4.98 Å². The van der Waals surface area contributed by atoms with Gasteiger partial charge >= 0.3 is 0 Å². The van der Waals surface area contributed by atoms with Crippen molar-refractivity contribution in [3.63, 3.8) is 0 Å². The van der Waals surface area contributed by atoms with Crippen molar-refractivity contribution >= 4 is 5.82 Å². The first-order valence-corrected chi connectivity index (χ1v) is 7.23. The molecule has 2 unspecified atom stereocenters. The second-order valence-electron chi connectivity index (χ2n) is 5.43. The van der Waals surface area contributed by atoms with Crippen LogP contribution in [0.2, 0.25) is 0 Å². The summed E-state index contributed by atoms with van der Waals surface area (Å²) in [7, 11) is 1.96. The van der Waals surface area contributed by atoms with Crippen LogP contribution in [0.15, 0.2) is 18.3 Å². The van der Waals surface area contributed by atoms with E-state index in [0.717, 1.165) is 25.3 Å². The fourth-order valence-electron chi connectivity index (χ4n) is 2.70. The average molecular weight is 263 g/mol. The molecule has 1 fully saturated rings. The molecule has 1 saturated heterocycles. The van der Waals surface area contributed by atoms with Crippen LogP contribution in [0.3, 0.4) is 0 Å². The number of aromatic nitrogens is 1. The minimum Gasteiger partial charge on any atom is -0.396 e. The minimum atomic E-state index is 0.296. The van der Waals surface area contributed by atoms with Crippen molar-refractivity contribution in [2.75, 3.05) is 31.6 Å². The molecule has 1 aliphatic rings. The molecule has 1 aromatic rings. The number of nitrogens with one attached hydrogen (secondary N) is 1. The molecule has 2 atom stereocenters. The number of aliphatic hydroxyl groups excluding tert-OH is 1. The number of hydrogen-bond donors (Lipinski definition) is 2. The smallest absolute Gasteiger partial charge is 0.128 e. The molecule has 0 spiro atoms. The third-order valence-electron chi connectivity index (χ3n) is 4.08. The van der Waals surface area contributed by atoms with E-state index in [1.807, 2.05) is 13.2 Å². The van der Waals surface area contributed by atoms with E-state index >= 15 is 0 Å². The highest BCUT2D eigenvalue weighted by molar-refractivity contribution is 5.40. The van der Waals surface area contributed by atoms with E-state index in [4.69, 9.17) is 5.11 Å². The topological polar surface area (TPSA) is 48.4 Å². The molecule has 0 saturated carbocycles. The van der Waals surface area contributed by atoms with Crippen molar-refractivity contribution in [3.8, 4) is 0 Å². The number of pyridine rings is 1. The summed E-state index contributed by atoms with van der Waals surface area (Å²) in [5.74, 6) is 1.67. The zero-order valence-corrected chi connectivity index (χ0v) is 12.0. The lowest BCUT2D eigenvalue weighted by Gasteiger charge is -2.33. The molecular formula is C15H25N3O. The van der Waals surface area contributed by atoms with Gasteiger partial charge in [0.05, 0.1) is 0 Å². The van der Waals surface area contributed by atoms with Crippen LogP contribution in [0.1, 0.15) is 37.8 Å². The lowest BCUT2D eigenvalue weighted by molar-refractivity contribution is 0.244. The molecule has 0 bridgehead atoms. The number of rotatable bonds is 5. The summed E-state index contributed by atoms with van der Waals surface area (Å²) in [6.45, 7) is 4.53. The highest BCUT2D eigenvalue weighted by Crippen LogP contribution is 2.24. The van der Waals surface area contributed by atoms with Crippen LogP contribution in [-0.2, 0) is 0 Å². The molecule has 106 valence electrons. The summed E-state index contributed by atoms with van der Waals surface area (Å²) in [5.41, 5.74) is 1.22. The first kappa shape index (κ1) is 14.3. The second-order valence-corrected chi connectivity index (χ2v) is 5.43. The molecule has 0 aliphatic carbocycles. The van der Waals surface area contributed by atoms with Gasteiger partial charge in [-0.1, -0.05) is 6.07 Å². The second kappa shape index (κ2) is 6.87. The Balaban J connectivity index is 2.01. The van der Waals surface area contributed by atoms with E-state index in [1.165, 1.54) is 18.4 Å². The molecule has 2 rings (SSSR count). The maximum atomic E-state index is 9.06. The standard InChI is InChI=1S/C15H25N3O/c1-12(16-2)14-5-6-15(17-10-14)18-8-3-4-13(11-18)7-9-19/h5-6,10,12-13,16,19H,3-4,7-9,11H2,1-2H3. The zero-order valence-electron chi connectivity index (χ0n) is 12.0. The van der Waals surface area contributed by atoms with Crippen LogP contribution in [0.5, 0.6) is 0 Å². The van der Waals surface area contributed by atoms with Crippen molar-refractivity contribution in [1.29, 1.82) is 0 Å². The molecule has 0 amide bonds. The van der Waals surface area contributed by atoms with E-state index in [2.05, 4.69) is 34.3 Å². The van der Waals surface area contributed by atoms with Gasteiger partial charge in [0.15, 0.2) is 0 Å². The molecule has 1 aliphatic heterocycles. The van der Waals surface area contributed by atoms with Crippen molar-refractivity contribution in [2.24, 2.45) is 5.92 Å². The van der Waals surface area contributed by atoms with Gasteiger partial charge < -0.3 is 15.3 Å². The van der Waals surface area contributed by atoms with Crippen LogP contribution < -0.4 is 10.2 Å². The van der Waals surface area contributed by atoms with Crippen LogP contribution >= 0.6 is 0 Å². The van der Waals surface area contributed by atoms with Crippen LogP contribution in [-0.4, -0.2) is 36.8 Å². The predicted molar refractivity (Wildman–Crippen MR) is 78.4 cm³/mol. The Morgan fingerprint density at radius 1 is 1.53 bits per heavy atom. The minimum absolute atomic E-state index is 0.296. The normalized spacial score (nSPS) is 21.4. The fraction of sp³-hybridized carbons (Fsp3) is 0.667.